The Morgan fingerprint density at radius 2 is 2.07 bits per heavy atom. The van der Waals surface area contributed by atoms with Crippen LogP contribution in [-0.4, -0.2) is 70.5 Å². The van der Waals surface area contributed by atoms with Gasteiger partial charge in [0.25, 0.3) is 11.1 Å². The predicted molar refractivity (Wildman–Crippen MR) is 101 cm³/mol. The number of ketones is 1. The Hall–Kier alpha value is -2.14. The van der Waals surface area contributed by atoms with Crippen LogP contribution in [-0.2, 0) is 9.84 Å². The van der Waals surface area contributed by atoms with Crippen molar-refractivity contribution in [1.82, 2.24) is 20.1 Å². The van der Waals surface area contributed by atoms with E-state index in [0.29, 0.717) is 23.6 Å². The van der Waals surface area contributed by atoms with Crippen LogP contribution in [0.15, 0.2) is 21.9 Å². The van der Waals surface area contributed by atoms with Gasteiger partial charge in [-0.15, -0.1) is 10.2 Å². The van der Waals surface area contributed by atoms with Gasteiger partial charge in [-0.2, -0.15) is 0 Å². The minimum atomic E-state index is -3.03. The SMILES string of the molecule is O=C(CSc1nnc([C@@H]2CCS(=O)(=O)C2)o1)c1c[nH]c(C(=O)N2CCCC2)c1. The van der Waals surface area contributed by atoms with Crippen LogP contribution in [0.2, 0.25) is 0 Å². The average Bonchev–Trinajstić information content (AvgIpc) is 3.45. The zero-order valence-corrected chi connectivity index (χ0v) is 16.7. The molecule has 2 aromatic rings. The Morgan fingerprint density at radius 1 is 1.29 bits per heavy atom. The Morgan fingerprint density at radius 3 is 2.79 bits per heavy atom. The summed E-state index contributed by atoms with van der Waals surface area (Å²) in [5.74, 6) is 0.0204. The molecule has 2 aliphatic heterocycles. The number of carbonyl (C=O) groups is 2. The topological polar surface area (TPSA) is 126 Å². The Bertz CT molecular complexity index is 991. The van der Waals surface area contributed by atoms with E-state index in [1.807, 2.05) is 0 Å². The van der Waals surface area contributed by atoms with Gasteiger partial charge in [-0.05, 0) is 25.3 Å². The smallest absolute Gasteiger partial charge is 0.277 e. The number of amides is 1. The second kappa shape index (κ2) is 7.70. The Labute approximate surface area is 166 Å². The summed E-state index contributed by atoms with van der Waals surface area (Å²) in [7, 11) is -3.03. The fourth-order valence-corrected chi connectivity index (χ4v) is 5.81. The van der Waals surface area contributed by atoms with Gasteiger partial charge in [0, 0.05) is 24.8 Å². The van der Waals surface area contributed by atoms with E-state index in [1.165, 1.54) is 6.20 Å². The van der Waals surface area contributed by atoms with Gasteiger partial charge in [-0.1, -0.05) is 11.8 Å². The lowest BCUT2D eigenvalue weighted by molar-refractivity contribution is 0.0787. The van der Waals surface area contributed by atoms with Crippen LogP contribution in [0.25, 0.3) is 0 Å². The van der Waals surface area contributed by atoms with Crippen molar-refractivity contribution in [3.63, 3.8) is 0 Å². The first kappa shape index (κ1) is 19.2. The summed E-state index contributed by atoms with van der Waals surface area (Å²) < 4.78 is 28.6. The summed E-state index contributed by atoms with van der Waals surface area (Å²) in [5.41, 5.74) is 0.842. The second-order valence-corrected chi connectivity index (χ2v) is 10.2. The largest absolute Gasteiger partial charge is 0.416 e. The molecule has 1 N–H and O–H groups in total. The number of rotatable bonds is 6. The van der Waals surface area contributed by atoms with E-state index in [4.69, 9.17) is 4.42 Å². The van der Waals surface area contributed by atoms with Gasteiger partial charge < -0.3 is 14.3 Å². The summed E-state index contributed by atoms with van der Waals surface area (Å²) in [6.07, 6.45) is 4.03. The number of thioether (sulfide) groups is 1. The predicted octanol–water partition coefficient (Wildman–Crippen LogP) is 1.51. The van der Waals surface area contributed by atoms with Gasteiger partial charge in [-0.3, -0.25) is 9.59 Å². The van der Waals surface area contributed by atoms with Crippen molar-refractivity contribution in [2.24, 2.45) is 0 Å². The maximum absolute atomic E-state index is 12.4. The third kappa shape index (κ3) is 4.14. The van der Waals surface area contributed by atoms with Crippen molar-refractivity contribution in [2.45, 2.75) is 30.4 Å². The zero-order chi connectivity index (χ0) is 19.7. The number of H-pyrrole nitrogens is 1. The van der Waals surface area contributed by atoms with Crippen LogP contribution in [0.3, 0.4) is 0 Å². The molecule has 0 aromatic carbocycles. The Balaban J connectivity index is 1.33. The van der Waals surface area contributed by atoms with Crippen molar-refractivity contribution in [1.29, 1.82) is 0 Å². The molecule has 0 bridgehead atoms. The number of carbonyl (C=O) groups excluding carboxylic acids is 2. The molecule has 1 atom stereocenters. The molecule has 2 aliphatic rings. The molecule has 0 unspecified atom stereocenters. The summed E-state index contributed by atoms with van der Waals surface area (Å²) >= 11 is 1.10. The minimum absolute atomic E-state index is 0.0232. The number of likely N-dealkylation sites (tertiary alicyclic amines) is 1. The number of aromatic amines is 1. The zero-order valence-electron chi connectivity index (χ0n) is 15.1. The molecular weight excluding hydrogens is 404 g/mol. The first-order valence-corrected chi connectivity index (χ1v) is 11.9. The molecule has 0 saturated carbocycles. The van der Waals surface area contributed by atoms with Crippen molar-refractivity contribution in [2.75, 3.05) is 30.3 Å². The van der Waals surface area contributed by atoms with Crippen LogP contribution in [0, 0.1) is 0 Å². The Kier molecular flexibility index (Phi) is 5.28. The number of nitrogens with one attached hydrogen (secondary N) is 1. The lowest BCUT2D eigenvalue weighted by atomic mass is 10.1. The first-order chi connectivity index (χ1) is 13.4. The summed E-state index contributed by atoms with van der Waals surface area (Å²) in [6.45, 7) is 1.50. The molecule has 4 rings (SSSR count). The highest BCUT2D eigenvalue weighted by molar-refractivity contribution is 7.99. The van der Waals surface area contributed by atoms with Gasteiger partial charge in [0.1, 0.15) is 5.69 Å². The van der Waals surface area contributed by atoms with E-state index in [1.54, 1.807) is 11.0 Å². The quantitative estimate of drug-likeness (QED) is 0.546. The highest BCUT2D eigenvalue weighted by Crippen LogP contribution is 2.29. The monoisotopic (exact) mass is 424 g/mol. The molecule has 4 heterocycles. The van der Waals surface area contributed by atoms with Crippen LogP contribution in [0.1, 0.15) is 51.9 Å². The van der Waals surface area contributed by atoms with Crippen molar-refractivity contribution >= 4 is 33.3 Å². The molecule has 1 amide bonds. The van der Waals surface area contributed by atoms with E-state index in [2.05, 4.69) is 15.2 Å². The third-order valence-corrected chi connectivity index (χ3v) is 7.55. The highest BCUT2D eigenvalue weighted by atomic mass is 32.2. The van der Waals surface area contributed by atoms with E-state index >= 15 is 0 Å². The van der Waals surface area contributed by atoms with Crippen LogP contribution >= 0.6 is 11.8 Å². The van der Waals surface area contributed by atoms with E-state index < -0.39 is 9.84 Å². The normalized spacial score (nSPS) is 21.3. The van der Waals surface area contributed by atoms with Crippen LogP contribution in [0.5, 0.6) is 0 Å². The number of sulfone groups is 1. The fourth-order valence-electron chi connectivity index (χ4n) is 3.41. The maximum atomic E-state index is 12.4. The number of nitrogens with zero attached hydrogens (tertiary/aromatic N) is 3. The third-order valence-electron chi connectivity index (χ3n) is 4.96. The molecule has 9 nitrogen and oxygen atoms in total. The van der Waals surface area contributed by atoms with Gasteiger partial charge >= 0.3 is 0 Å². The van der Waals surface area contributed by atoms with Crippen molar-refractivity contribution < 1.29 is 22.4 Å². The maximum Gasteiger partial charge on any atom is 0.277 e. The molecule has 2 saturated heterocycles. The number of hydrogen-bond donors (Lipinski definition) is 1. The summed E-state index contributed by atoms with van der Waals surface area (Å²) in [6, 6.07) is 1.58. The van der Waals surface area contributed by atoms with Gasteiger partial charge in [0.2, 0.25) is 5.89 Å². The molecule has 150 valence electrons. The standard InChI is InChI=1S/C17H20N4O5S2/c22-14(12-7-13(18-8-12)16(23)21-4-1-2-5-21)9-27-17-20-19-15(26-17)11-3-6-28(24,25)10-11/h7-8,11,18H,1-6,9-10H2/t11-/m1/s1. The lowest BCUT2D eigenvalue weighted by Gasteiger charge is -2.13. The summed E-state index contributed by atoms with van der Waals surface area (Å²) in [5, 5.41) is 8.04. The molecule has 2 aromatic heterocycles. The molecule has 2 fully saturated rings. The van der Waals surface area contributed by atoms with E-state index in [-0.39, 0.29) is 40.1 Å². The second-order valence-electron chi connectivity index (χ2n) is 7.02. The van der Waals surface area contributed by atoms with Gasteiger partial charge in [0.15, 0.2) is 15.6 Å². The minimum Gasteiger partial charge on any atom is -0.416 e. The molecule has 28 heavy (non-hydrogen) atoms. The van der Waals surface area contributed by atoms with Gasteiger partial charge in [0.05, 0.1) is 23.2 Å². The van der Waals surface area contributed by atoms with Crippen LogP contribution < -0.4 is 0 Å². The van der Waals surface area contributed by atoms with E-state index in [0.717, 1.165) is 37.7 Å². The van der Waals surface area contributed by atoms with Crippen molar-refractivity contribution in [3.8, 4) is 0 Å². The molecular formula is C17H20N4O5S2. The number of Topliss-reactive ketones (excluding diaryl/α,β-unsaturated/α-hetero) is 1. The molecule has 11 heteroatoms. The number of hydrogen-bond acceptors (Lipinski definition) is 8. The number of aromatic nitrogens is 3. The lowest BCUT2D eigenvalue weighted by Crippen LogP contribution is -2.27. The highest BCUT2D eigenvalue weighted by Gasteiger charge is 2.33. The van der Waals surface area contributed by atoms with Gasteiger partial charge in [-0.25, -0.2) is 8.42 Å². The van der Waals surface area contributed by atoms with Crippen molar-refractivity contribution in [3.05, 3.63) is 29.4 Å². The molecule has 0 aliphatic carbocycles. The molecule has 0 radical (unpaired) electrons. The average molecular weight is 425 g/mol. The molecule has 0 spiro atoms. The van der Waals surface area contributed by atoms with Crippen LogP contribution in [0.4, 0.5) is 0 Å². The van der Waals surface area contributed by atoms with E-state index in [9.17, 15) is 18.0 Å². The first-order valence-electron chi connectivity index (χ1n) is 9.09. The fraction of sp³-hybridized carbons (Fsp3) is 0.529. The summed E-state index contributed by atoms with van der Waals surface area (Å²) in [4.78, 5) is 29.4.